The third-order valence-corrected chi connectivity index (χ3v) is 6.22. The van der Waals surface area contributed by atoms with Gasteiger partial charge in [0, 0.05) is 0 Å². The van der Waals surface area contributed by atoms with E-state index >= 15 is 0 Å². The van der Waals surface area contributed by atoms with Gasteiger partial charge in [0.1, 0.15) is 6.61 Å². The van der Waals surface area contributed by atoms with Gasteiger partial charge in [0.05, 0.1) is 18.2 Å². The highest BCUT2D eigenvalue weighted by atomic mass is 16.6. The van der Waals surface area contributed by atoms with E-state index in [0.717, 1.165) is 53.6 Å². The summed E-state index contributed by atoms with van der Waals surface area (Å²) in [7, 11) is 1.46. The third kappa shape index (κ3) is 5.75. The number of rotatable bonds is 10. The Bertz CT molecular complexity index is 932. The molecule has 0 heterocycles. The lowest BCUT2D eigenvalue weighted by Crippen LogP contribution is -2.35. The van der Waals surface area contributed by atoms with E-state index < -0.39 is 5.41 Å². The zero-order chi connectivity index (χ0) is 23.0. The van der Waals surface area contributed by atoms with Gasteiger partial charge in [-0.1, -0.05) is 62.2 Å². The van der Waals surface area contributed by atoms with Gasteiger partial charge in [-0.2, -0.15) is 0 Å². The molecule has 0 aliphatic rings. The van der Waals surface area contributed by atoms with Gasteiger partial charge in [-0.15, -0.1) is 0 Å². The Morgan fingerprint density at radius 2 is 1.84 bits per heavy atom. The zero-order valence-electron chi connectivity index (χ0n) is 20.2. The van der Waals surface area contributed by atoms with Gasteiger partial charge in [0.15, 0.2) is 0 Å². The first-order chi connectivity index (χ1) is 14.8. The van der Waals surface area contributed by atoms with Crippen LogP contribution < -0.4 is 0 Å². The van der Waals surface area contributed by atoms with Crippen molar-refractivity contribution >= 4 is 11.7 Å². The van der Waals surface area contributed by atoms with Crippen molar-refractivity contribution in [2.24, 2.45) is 5.16 Å². The predicted octanol–water partition coefficient (Wildman–Crippen LogP) is 6.43. The normalized spacial score (nSPS) is 13.6. The van der Waals surface area contributed by atoms with Gasteiger partial charge in [0.25, 0.3) is 0 Å². The van der Waals surface area contributed by atoms with Crippen molar-refractivity contribution in [1.29, 1.82) is 0 Å². The highest BCUT2D eigenvalue weighted by Gasteiger charge is 2.37. The molecule has 0 aliphatic heterocycles. The molecule has 0 aliphatic carbocycles. The molecule has 1 unspecified atom stereocenters. The fourth-order valence-corrected chi connectivity index (χ4v) is 4.08. The summed E-state index contributed by atoms with van der Waals surface area (Å²) >= 11 is 0. The highest BCUT2D eigenvalue weighted by molar-refractivity contribution is 5.98. The third-order valence-electron chi connectivity index (χ3n) is 6.22. The van der Waals surface area contributed by atoms with E-state index in [4.69, 9.17) is 9.57 Å². The van der Waals surface area contributed by atoms with Crippen LogP contribution in [0.1, 0.15) is 80.3 Å². The molecule has 31 heavy (non-hydrogen) atoms. The smallest absolute Gasteiger partial charge is 0.316 e. The van der Waals surface area contributed by atoms with Gasteiger partial charge in [-0.25, -0.2) is 0 Å². The first-order valence-electron chi connectivity index (χ1n) is 11.2. The summed E-state index contributed by atoms with van der Waals surface area (Å²) in [4.78, 5) is 18.6. The Morgan fingerprint density at radius 1 is 1.10 bits per heavy atom. The molecule has 0 saturated heterocycles. The van der Waals surface area contributed by atoms with E-state index in [-0.39, 0.29) is 5.97 Å². The van der Waals surface area contributed by atoms with Crippen molar-refractivity contribution in [2.45, 2.75) is 79.2 Å². The van der Waals surface area contributed by atoms with Crippen LogP contribution in [0.5, 0.6) is 0 Å². The minimum absolute atomic E-state index is 0.209. The van der Waals surface area contributed by atoms with Crippen molar-refractivity contribution in [3.05, 3.63) is 69.8 Å². The minimum atomic E-state index is -0.707. The maximum atomic E-state index is 12.8. The molecular formula is C27H37NO3. The van der Waals surface area contributed by atoms with Gasteiger partial charge < -0.3 is 9.57 Å². The van der Waals surface area contributed by atoms with E-state index in [1.54, 1.807) is 0 Å². The first kappa shape index (κ1) is 24.6. The molecule has 0 spiro atoms. The lowest BCUT2D eigenvalue weighted by molar-refractivity contribution is -0.147. The summed E-state index contributed by atoms with van der Waals surface area (Å²) in [6, 6.07) is 12.4. The van der Waals surface area contributed by atoms with Crippen molar-refractivity contribution in [1.82, 2.24) is 0 Å². The number of oxime groups is 1. The van der Waals surface area contributed by atoms with Crippen LogP contribution in [-0.2, 0) is 32.8 Å². The number of hydrogen-bond acceptors (Lipinski definition) is 4. The predicted molar refractivity (Wildman–Crippen MR) is 128 cm³/mol. The SMILES string of the molecule is CCCCC(C)(C(=O)OC)c1cccc(C)c1CO/N=C(\C)c1ccc(CC)c(C)c1. The Hall–Kier alpha value is -2.62. The number of unbranched alkanes of at least 4 members (excludes halogenated alkanes) is 1. The quantitative estimate of drug-likeness (QED) is 0.251. The number of hydrogen-bond donors (Lipinski definition) is 0. The highest BCUT2D eigenvalue weighted by Crippen LogP contribution is 2.35. The number of carbonyl (C=O) groups is 1. The Morgan fingerprint density at radius 3 is 2.45 bits per heavy atom. The van der Waals surface area contributed by atoms with Crippen LogP contribution in [-0.4, -0.2) is 18.8 Å². The van der Waals surface area contributed by atoms with E-state index in [1.807, 2.05) is 39.0 Å². The topological polar surface area (TPSA) is 47.9 Å². The zero-order valence-corrected chi connectivity index (χ0v) is 20.2. The second-order valence-electron chi connectivity index (χ2n) is 8.47. The van der Waals surface area contributed by atoms with Crippen molar-refractivity contribution in [2.75, 3.05) is 7.11 Å². The molecule has 0 saturated carbocycles. The maximum absolute atomic E-state index is 12.8. The Labute approximate surface area is 187 Å². The number of esters is 1. The molecule has 0 bridgehead atoms. The fourth-order valence-electron chi connectivity index (χ4n) is 4.08. The molecule has 0 radical (unpaired) electrons. The van der Waals surface area contributed by atoms with E-state index in [2.05, 4.69) is 44.1 Å². The number of aryl methyl sites for hydroxylation is 3. The summed E-state index contributed by atoms with van der Waals surface area (Å²) < 4.78 is 5.18. The largest absolute Gasteiger partial charge is 0.468 e. The Kier molecular flexibility index (Phi) is 8.85. The fraction of sp³-hybridized carbons (Fsp3) is 0.481. The molecule has 0 amide bonds. The van der Waals surface area contributed by atoms with Crippen molar-refractivity contribution < 1.29 is 14.4 Å². The summed E-state index contributed by atoms with van der Waals surface area (Å²) in [5, 5.41) is 4.38. The lowest BCUT2D eigenvalue weighted by Gasteiger charge is -2.30. The summed E-state index contributed by atoms with van der Waals surface area (Å²) in [6.45, 7) is 12.7. The van der Waals surface area contributed by atoms with Gasteiger partial charge in [-0.3, -0.25) is 4.79 Å². The second kappa shape index (κ2) is 11.1. The maximum Gasteiger partial charge on any atom is 0.316 e. The summed E-state index contributed by atoms with van der Waals surface area (Å²) in [5.74, 6) is -0.209. The van der Waals surface area contributed by atoms with Crippen LogP contribution in [0.2, 0.25) is 0 Å². The molecule has 0 aromatic heterocycles. The number of nitrogens with zero attached hydrogens (tertiary/aromatic N) is 1. The van der Waals surface area contributed by atoms with E-state index in [0.29, 0.717) is 6.61 Å². The van der Waals surface area contributed by atoms with Crippen molar-refractivity contribution in [3.8, 4) is 0 Å². The minimum Gasteiger partial charge on any atom is -0.468 e. The molecule has 4 heteroatoms. The molecule has 168 valence electrons. The molecule has 2 aromatic rings. The Balaban J connectivity index is 2.30. The van der Waals surface area contributed by atoms with Gasteiger partial charge in [0.2, 0.25) is 0 Å². The number of carbonyl (C=O) groups excluding carboxylic acids is 1. The van der Waals surface area contributed by atoms with Crippen LogP contribution in [0.15, 0.2) is 41.6 Å². The van der Waals surface area contributed by atoms with Crippen LogP contribution in [0.3, 0.4) is 0 Å². The molecule has 1 atom stereocenters. The first-order valence-corrected chi connectivity index (χ1v) is 11.2. The van der Waals surface area contributed by atoms with E-state index in [9.17, 15) is 4.79 Å². The van der Waals surface area contributed by atoms with Crippen LogP contribution in [0, 0.1) is 13.8 Å². The molecule has 2 aromatic carbocycles. The van der Waals surface area contributed by atoms with E-state index in [1.165, 1.54) is 18.2 Å². The molecule has 0 fully saturated rings. The molecule has 0 N–H and O–H groups in total. The average molecular weight is 424 g/mol. The number of ether oxygens (including phenoxy) is 1. The summed E-state index contributed by atoms with van der Waals surface area (Å²) in [6.07, 6.45) is 3.72. The van der Waals surface area contributed by atoms with Gasteiger partial charge >= 0.3 is 5.97 Å². The van der Waals surface area contributed by atoms with Crippen LogP contribution in [0.4, 0.5) is 0 Å². The lowest BCUT2D eigenvalue weighted by atomic mass is 9.75. The summed E-state index contributed by atoms with van der Waals surface area (Å²) in [5.41, 5.74) is 6.84. The van der Waals surface area contributed by atoms with Crippen molar-refractivity contribution in [3.63, 3.8) is 0 Å². The van der Waals surface area contributed by atoms with Crippen LogP contribution in [0.25, 0.3) is 0 Å². The molecular weight excluding hydrogens is 386 g/mol. The monoisotopic (exact) mass is 423 g/mol. The van der Waals surface area contributed by atoms with Gasteiger partial charge in [-0.05, 0) is 80.0 Å². The molecule has 2 rings (SSSR count). The number of benzene rings is 2. The van der Waals surface area contributed by atoms with Crippen LogP contribution >= 0.6 is 0 Å². The second-order valence-corrected chi connectivity index (χ2v) is 8.47. The standard InChI is InChI=1S/C27H37NO3/c1-8-10-16-27(6,26(29)30-7)25-13-11-12-19(3)24(25)18-31-28-21(5)23-15-14-22(9-2)20(4)17-23/h11-15,17H,8-10,16,18H2,1-7H3/b28-21+. The number of methoxy groups -OCH3 is 1. The molecule has 4 nitrogen and oxygen atoms in total. The average Bonchev–Trinajstić information content (AvgIpc) is 2.77.